The number of rotatable bonds is 2. The fourth-order valence-electron chi connectivity index (χ4n) is 6.20. The lowest BCUT2D eigenvalue weighted by molar-refractivity contribution is 1.01. The predicted molar refractivity (Wildman–Crippen MR) is 168 cm³/mol. The molecule has 186 valence electrons. The van der Waals surface area contributed by atoms with E-state index in [2.05, 4.69) is 101 Å². The van der Waals surface area contributed by atoms with Crippen molar-refractivity contribution in [3.63, 3.8) is 0 Å². The number of aromatic nitrogens is 4. The number of hydrogen-bond donors (Lipinski definition) is 0. The van der Waals surface area contributed by atoms with Crippen LogP contribution >= 0.6 is 11.3 Å². The van der Waals surface area contributed by atoms with E-state index in [9.17, 15) is 0 Å². The van der Waals surface area contributed by atoms with Gasteiger partial charge in [-0.15, -0.1) is 11.3 Å². The van der Waals surface area contributed by atoms with Crippen molar-refractivity contribution >= 4 is 75.1 Å². The van der Waals surface area contributed by atoms with Gasteiger partial charge >= 0.3 is 0 Å². The zero-order chi connectivity index (χ0) is 26.2. The van der Waals surface area contributed by atoms with Crippen molar-refractivity contribution in [3.8, 4) is 17.2 Å². The highest BCUT2D eigenvalue weighted by atomic mass is 32.1. The Morgan fingerprint density at radius 2 is 1.25 bits per heavy atom. The average Bonchev–Trinajstić information content (AvgIpc) is 3.58. The lowest BCUT2D eigenvalue weighted by atomic mass is 10.00. The second-order valence-corrected chi connectivity index (χ2v) is 11.1. The summed E-state index contributed by atoms with van der Waals surface area (Å²) >= 11 is 1.87. The van der Waals surface area contributed by atoms with Gasteiger partial charge in [-0.1, -0.05) is 91.0 Å². The topological polar surface area (TPSA) is 43.6 Å². The van der Waals surface area contributed by atoms with Gasteiger partial charge in [-0.2, -0.15) is 4.98 Å². The van der Waals surface area contributed by atoms with E-state index in [-0.39, 0.29) is 0 Å². The van der Waals surface area contributed by atoms with E-state index in [1.165, 1.54) is 41.7 Å². The summed E-state index contributed by atoms with van der Waals surface area (Å²) in [5, 5.41) is 8.44. The molecule has 0 aliphatic rings. The fourth-order valence-corrected chi connectivity index (χ4v) is 7.47. The monoisotopic (exact) mass is 528 g/mol. The van der Waals surface area contributed by atoms with Crippen molar-refractivity contribution in [2.75, 3.05) is 0 Å². The number of para-hydroxylation sites is 1. The molecule has 4 heterocycles. The van der Waals surface area contributed by atoms with Crippen LogP contribution in [0.4, 0.5) is 0 Å². The lowest BCUT2D eigenvalue weighted by Crippen LogP contribution is -2.04. The van der Waals surface area contributed by atoms with Crippen LogP contribution in [0.25, 0.3) is 81.0 Å². The Morgan fingerprint density at radius 1 is 0.550 bits per heavy atom. The van der Waals surface area contributed by atoms with E-state index in [0.29, 0.717) is 11.6 Å². The van der Waals surface area contributed by atoms with Crippen molar-refractivity contribution < 1.29 is 0 Å². The Morgan fingerprint density at radius 3 is 2.12 bits per heavy atom. The van der Waals surface area contributed by atoms with Crippen molar-refractivity contribution in [1.82, 2.24) is 19.5 Å². The molecule has 9 rings (SSSR count). The number of hydrogen-bond acceptors (Lipinski definition) is 4. The molecule has 0 atom stereocenters. The smallest absolute Gasteiger partial charge is 0.237 e. The zero-order valence-corrected chi connectivity index (χ0v) is 22.1. The summed E-state index contributed by atoms with van der Waals surface area (Å²) in [7, 11) is 0. The number of thiophene rings is 1. The van der Waals surface area contributed by atoms with Crippen LogP contribution in [0.15, 0.2) is 121 Å². The molecule has 0 amide bonds. The summed E-state index contributed by atoms with van der Waals surface area (Å²) in [5.41, 5.74) is 4.82. The minimum absolute atomic E-state index is 0.627. The highest BCUT2D eigenvalue weighted by molar-refractivity contribution is 7.27. The first-order valence-corrected chi connectivity index (χ1v) is 14.1. The average molecular weight is 529 g/mol. The van der Waals surface area contributed by atoms with Gasteiger partial charge in [0.2, 0.25) is 5.95 Å². The third-order valence-electron chi connectivity index (χ3n) is 7.86. The van der Waals surface area contributed by atoms with Gasteiger partial charge < -0.3 is 0 Å². The molecule has 0 aliphatic heterocycles. The summed E-state index contributed by atoms with van der Waals surface area (Å²) < 4.78 is 4.84. The van der Waals surface area contributed by atoms with E-state index in [4.69, 9.17) is 9.97 Å². The largest absolute Gasteiger partial charge is 0.277 e. The normalized spacial score (nSPS) is 12.0. The molecule has 0 saturated heterocycles. The van der Waals surface area contributed by atoms with Crippen LogP contribution in [-0.4, -0.2) is 19.5 Å². The highest BCUT2D eigenvalue weighted by Crippen LogP contribution is 2.47. The second kappa shape index (κ2) is 8.18. The van der Waals surface area contributed by atoms with E-state index >= 15 is 0 Å². The van der Waals surface area contributed by atoms with Gasteiger partial charge in [0.05, 0.1) is 16.7 Å². The van der Waals surface area contributed by atoms with E-state index in [1.807, 2.05) is 35.6 Å². The van der Waals surface area contributed by atoms with Crippen molar-refractivity contribution in [1.29, 1.82) is 0 Å². The standard InChI is InChI=1S/C35H20N4S/c1-2-11-21(12-3-1)31-26-17-10-20-36-34(26)38-35(37-31)39-27-18-8-6-15-24(27)30-32(39)23-14-5-4-13-22(23)29-25-16-7-9-19-28(25)40-33(29)30/h1-20H. The Balaban J connectivity index is 1.53. The van der Waals surface area contributed by atoms with Crippen LogP contribution in [0.5, 0.6) is 0 Å². The molecule has 0 radical (unpaired) electrons. The molecule has 5 heteroatoms. The zero-order valence-electron chi connectivity index (χ0n) is 21.2. The third-order valence-corrected chi connectivity index (χ3v) is 9.04. The second-order valence-electron chi connectivity index (χ2n) is 10.0. The van der Waals surface area contributed by atoms with Crippen molar-refractivity contribution in [2.45, 2.75) is 0 Å². The summed E-state index contributed by atoms with van der Waals surface area (Å²) in [6, 6.07) is 40.4. The van der Waals surface area contributed by atoms with Crippen LogP contribution in [-0.2, 0) is 0 Å². The van der Waals surface area contributed by atoms with Gasteiger partial charge in [0, 0.05) is 53.5 Å². The van der Waals surface area contributed by atoms with Gasteiger partial charge in [-0.25, -0.2) is 9.97 Å². The van der Waals surface area contributed by atoms with Crippen LogP contribution in [0.3, 0.4) is 0 Å². The molecular formula is C35H20N4S. The van der Waals surface area contributed by atoms with Gasteiger partial charge in [0.25, 0.3) is 0 Å². The van der Waals surface area contributed by atoms with Crippen LogP contribution in [0, 0.1) is 0 Å². The van der Waals surface area contributed by atoms with E-state index in [0.717, 1.165) is 27.7 Å². The molecule has 5 aromatic carbocycles. The first kappa shape index (κ1) is 21.8. The van der Waals surface area contributed by atoms with Gasteiger partial charge in [0.1, 0.15) is 0 Å². The molecule has 0 spiro atoms. The van der Waals surface area contributed by atoms with Crippen LogP contribution < -0.4 is 0 Å². The minimum atomic E-state index is 0.627. The van der Waals surface area contributed by atoms with Crippen molar-refractivity contribution in [2.24, 2.45) is 0 Å². The molecule has 0 saturated carbocycles. The number of fused-ring (bicyclic) bond motifs is 11. The minimum Gasteiger partial charge on any atom is -0.277 e. The summed E-state index contributed by atoms with van der Waals surface area (Å²) in [4.78, 5) is 15.0. The summed E-state index contributed by atoms with van der Waals surface area (Å²) in [6.07, 6.45) is 1.80. The predicted octanol–water partition coefficient (Wildman–Crippen LogP) is 9.31. The molecule has 4 nitrogen and oxygen atoms in total. The maximum atomic E-state index is 5.26. The number of benzene rings is 5. The molecule has 0 fully saturated rings. The van der Waals surface area contributed by atoms with Crippen molar-refractivity contribution in [3.05, 3.63) is 121 Å². The van der Waals surface area contributed by atoms with Crippen LogP contribution in [0.2, 0.25) is 0 Å². The summed E-state index contributed by atoms with van der Waals surface area (Å²) in [6.45, 7) is 0. The molecule has 0 unspecified atom stereocenters. The van der Waals surface area contributed by atoms with E-state index < -0.39 is 0 Å². The number of pyridine rings is 1. The SMILES string of the molecule is c1ccc(-c2nc(-n3c4ccccc4c4c5sc6ccccc6c5c5ccccc5c43)nc3ncccc23)cc1. The molecule has 0 aliphatic carbocycles. The van der Waals surface area contributed by atoms with Gasteiger partial charge in [-0.3, -0.25) is 4.57 Å². The maximum Gasteiger partial charge on any atom is 0.237 e. The lowest BCUT2D eigenvalue weighted by Gasteiger charge is -2.12. The van der Waals surface area contributed by atoms with Gasteiger partial charge in [-0.05, 0) is 29.7 Å². The van der Waals surface area contributed by atoms with E-state index in [1.54, 1.807) is 6.20 Å². The quantitative estimate of drug-likeness (QED) is 0.225. The Bertz CT molecular complexity index is 2440. The number of nitrogens with zero attached hydrogens (tertiary/aromatic N) is 4. The Hall–Kier alpha value is -5.13. The Kier molecular flexibility index (Phi) is 4.45. The molecule has 40 heavy (non-hydrogen) atoms. The molecule has 4 aromatic heterocycles. The molecule has 0 N–H and O–H groups in total. The van der Waals surface area contributed by atoms with Gasteiger partial charge in [0.15, 0.2) is 5.65 Å². The third kappa shape index (κ3) is 2.92. The molecular weight excluding hydrogens is 508 g/mol. The summed E-state index contributed by atoms with van der Waals surface area (Å²) in [5.74, 6) is 0.627. The first-order valence-electron chi connectivity index (χ1n) is 13.3. The Labute approximate surface area is 232 Å². The fraction of sp³-hybridized carbons (Fsp3) is 0. The molecule has 9 aromatic rings. The first-order chi connectivity index (χ1) is 19.9. The van der Waals surface area contributed by atoms with Crippen LogP contribution in [0.1, 0.15) is 0 Å². The molecule has 0 bridgehead atoms. The maximum absolute atomic E-state index is 5.26. The highest BCUT2D eigenvalue weighted by Gasteiger charge is 2.23.